The summed E-state index contributed by atoms with van der Waals surface area (Å²) in [6.45, 7) is 6.76. The van der Waals surface area contributed by atoms with Crippen molar-refractivity contribution in [2.45, 2.75) is 45.7 Å². The Morgan fingerprint density at radius 2 is 1.86 bits per heavy atom. The van der Waals surface area contributed by atoms with Crippen molar-refractivity contribution in [2.75, 3.05) is 13.6 Å². The number of ether oxygens (including phenoxy) is 3. The van der Waals surface area contributed by atoms with E-state index in [-0.39, 0.29) is 24.9 Å². The molecule has 2 aliphatic rings. The Balaban J connectivity index is 1.96. The molecule has 5 heteroatoms. The Morgan fingerprint density at radius 3 is 2.62 bits per heavy atom. The fourth-order valence-electron chi connectivity index (χ4n) is 2.86. The molecule has 5 nitrogen and oxygen atoms in total. The molecule has 0 aromatic heterocycles. The number of hydrogen-bond donors (Lipinski definition) is 0. The predicted octanol–water partition coefficient (Wildman–Crippen LogP) is 3.47. The van der Waals surface area contributed by atoms with Crippen LogP contribution in [-0.4, -0.2) is 19.9 Å². The zero-order valence-corrected chi connectivity index (χ0v) is 12.7. The van der Waals surface area contributed by atoms with Gasteiger partial charge in [0.25, 0.3) is 0 Å². The van der Waals surface area contributed by atoms with Gasteiger partial charge in [0.05, 0.1) is 0 Å². The molecular weight excluding hydrogens is 272 g/mol. The molecule has 21 heavy (non-hydrogen) atoms. The summed E-state index contributed by atoms with van der Waals surface area (Å²) in [5, 5.41) is 0. The Morgan fingerprint density at radius 1 is 1.10 bits per heavy atom. The molecular formula is C16H22O5. The molecule has 0 amide bonds. The number of rotatable bonds is 1. The Bertz CT molecular complexity index is 482. The third-order valence-electron chi connectivity index (χ3n) is 3.67. The monoisotopic (exact) mass is 294 g/mol. The van der Waals surface area contributed by atoms with E-state index in [9.17, 15) is 0 Å². The maximum Gasteiger partial charge on any atom is 0.201 e. The molecule has 1 saturated heterocycles. The van der Waals surface area contributed by atoms with E-state index in [0.717, 1.165) is 12.0 Å². The first-order chi connectivity index (χ1) is 10.0. The lowest BCUT2D eigenvalue weighted by Crippen LogP contribution is -2.35. The minimum atomic E-state index is -0.495. The van der Waals surface area contributed by atoms with E-state index in [4.69, 9.17) is 24.0 Å². The molecule has 2 aliphatic heterocycles. The lowest BCUT2D eigenvalue weighted by Gasteiger charge is -2.38. The summed E-state index contributed by atoms with van der Waals surface area (Å²) >= 11 is 0. The molecule has 0 aliphatic carbocycles. The van der Waals surface area contributed by atoms with Crippen LogP contribution in [0.25, 0.3) is 0 Å². The third kappa shape index (κ3) is 3.44. The zero-order valence-electron chi connectivity index (χ0n) is 12.7. The summed E-state index contributed by atoms with van der Waals surface area (Å²) < 4.78 is 16.7. The largest absolute Gasteiger partial charge is 0.326 e. The molecule has 1 fully saturated rings. The average molecular weight is 294 g/mol. The molecule has 3 atom stereocenters. The Hall–Kier alpha value is -0.980. The fraction of sp³-hybridized carbons (Fsp3) is 0.625. The highest BCUT2D eigenvalue weighted by atomic mass is 17.2. The maximum atomic E-state index is 5.94. The van der Waals surface area contributed by atoms with Gasteiger partial charge in [-0.25, -0.2) is 9.78 Å². The minimum Gasteiger partial charge on any atom is -0.326 e. The van der Waals surface area contributed by atoms with Crippen molar-refractivity contribution in [3.05, 3.63) is 35.4 Å². The normalized spacial score (nSPS) is 30.0. The van der Waals surface area contributed by atoms with Crippen LogP contribution in [0.4, 0.5) is 0 Å². The van der Waals surface area contributed by atoms with Crippen molar-refractivity contribution in [3.8, 4) is 0 Å². The summed E-state index contributed by atoms with van der Waals surface area (Å²) in [4.78, 5) is 10.5. The second kappa shape index (κ2) is 6.02. The van der Waals surface area contributed by atoms with Crippen LogP contribution in [0.1, 0.15) is 50.5 Å². The summed E-state index contributed by atoms with van der Waals surface area (Å²) in [6.07, 6.45) is -0.0547. The molecule has 0 radical (unpaired) electrons. The second-order valence-electron chi connectivity index (χ2n) is 6.66. The highest BCUT2D eigenvalue weighted by molar-refractivity contribution is 5.34. The van der Waals surface area contributed by atoms with Gasteiger partial charge in [-0.2, -0.15) is 0 Å². The van der Waals surface area contributed by atoms with Crippen molar-refractivity contribution in [2.24, 2.45) is 5.41 Å². The van der Waals surface area contributed by atoms with E-state index >= 15 is 0 Å². The van der Waals surface area contributed by atoms with Gasteiger partial charge in [-0.15, -0.1) is 0 Å². The molecule has 116 valence electrons. The molecule has 0 saturated carbocycles. The van der Waals surface area contributed by atoms with Crippen LogP contribution >= 0.6 is 0 Å². The van der Waals surface area contributed by atoms with Crippen LogP contribution < -0.4 is 0 Å². The van der Waals surface area contributed by atoms with Gasteiger partial charge in [0.1, 0.15) is 0 Å². The molecule has 1 aromatic carbocycles. The van der Waals surface area contributed by atoms with Gasteiger partial charge in [0, 0.05) is 11.5 Å². The summed E-state index contributed by atoms with van der Waals surface area (Å²) in [5.41, 5.74) is 2.38. The minimum absolute atomic E-state index is 0.0329. The van der Waals surface area contributed by atoms with E-state index in [1.807, 2.05) is 18.2 Å². The Kier molecular flexibility index (Phi) is 4.28. The smallest absolute Gasteiger partial charge is 0.201 e. The third-order valence-corrected chi connectivity index (χ3v) is 3.67. The summed E-state index contributed by atoms with van der Waals surface area (Å²) in [7, 11) is 0. The lowest BCUT2D eigenvalue weighted by atomic mass is 9.78. The molecule has 2 heterocycles. The second-order valence-corrected chi connectivity index (χ2v) is 6.66. The van der Waals surface area contributed by atoms with Gasteiger partial charge in [0.2, 0.25) is 6.29 Å². The first kappa shape index (κ1) is 14.9. The first-order valence-corrected chi connectivity index (χ1v) is 7.26. The van der Waals surface area contributed by atoms with Gasteiger partial charge >= 0.3 is 0 Å². The standard InChI is InChI=1S/C16H22O5/c1-16(2,3)8-13-11-6-4-5-7-12(11)14-18-9-17-10-19-21-15(13)20-14/h4-7,13-15H,8-10H2,1-3H3/t13-,14+,15+/m0/s1. The maximum absolute atomic E-state index is 5.94. The summed E-state index contributed by atoms with van der Waals surface area (Å²) in [6, 6.07) is 8.17. The van der Waals surface area contributed by atoms with Crippen LogP contribution in [0.15, 0.2) is 24.3 Å². The van der Waals surface area contributed by atoms with Crippen LogP contribution in [0.3, 0.4) is 0 Å². The topological polar surface area (TPSA) is 46.2 Å². The number of hydrogen-bond acceptors (Lipinski definition) is 5. The van der Waals surface area contributed by atoms with Crippen molar-refractivity contribution in [1.29, 1.82) is 0 Å². The van der Waals surface area contributed by atoms with Gasteiger partial charge in [-0.3, -0.25) is 0 Å². The van der Waals surface area contributed by atoms with Gasteiger partial charge < -0.3 is 14.2 Å². The van der Waals surface area contributed by atoms with E-state index in [2.05, 4.69) is 26.8 Å². The van der Waals surface area contributed by atoms with Gasteiger partial charge in [-0.1, -0.05) is 45.0 Å². The molecule has 0 unspecified atom stereocenters. The highest BCUT2D eigenvalue weighted by Crippen LogP contribution is 2.44. The van der Waals surface area contributed by atoms with Gasteiger partial charge in [0.15, 0.2) is 19.9 Å². The van der Waals surface area contributed by atoms with E-state index in [0.29, 0.717) is 0 Å². The van der Waals surface area contributed by atoms with E-state index < -0.39 is 12.6 Å². The zero-order chi connectivity index (χ0) is 14.9. The SMILES string of the molecule is CC(C)(C)C[C@H]1c2ccccc2[C@@H]2OCOCOO[C@H]1O2. The fourth-order valence-corrected chi connectivity index (χ4v) is 2.86. The molecule has 2 bridgehead atoms. The van der Waals surface area contributed by atoms with Crippen LogP contribution in [0, 0.1) is 5.41 Å². The van der Waals surface area contributed by atoms with Gasteiger partial charge in [-0.05, 0) is 17.4 Å². The molecule has 0 N–H and O–H groups in total. The number of fused-ring (bicyclic) bond motifs is 4. The van der Waals surface area contributed by atoms with Crippen molar-refractivity contribution >= 4 is 0 Å². The van der Waals surface area contributed by atoms with Crippen molar-refractivity contribution < 1.29 is 24.0 Å². The summed E-state index contributed by atoms with van der Waals surface area (Å²) in [5.74, 6) is 0.0964. The van der Waals surface area contributed by atoms with E-state index in [1.54, 1.807) is 0 Å². The average Bonchev–Trinajstić information content (AvgIpc) is 2.54. The van der Waals surface area contributed by atoms with Crippen molar-refractivity contribution in [1.82, 2.24) is 0 Å². The van der Waals surface area contributed by atoms with Crippen molar-refractivity contribution in [3.63, 3.8) is 0 Å². The molecule has 3 rings (SSSR count). The van der Waals surface area contributed by atoms with Crippen LogP contribution in [0.5, 0.6) is 0 Å². The predicted molar refractivity (Wildman–Crippen MR) is 74.9 cm³/mol. The molecule has 0 spiro atoms. The highest BCUT2D eigenvalue weighted by Gasteiger charge is 2.40. The van der Waals surface area contributed by atoms with Crippen LogP contribution in [-0.2, 0) is 24.0 Å². The number of benzene rings is 1. The lowest BCUT2D eigenvalue weighted by molar-refractivity contribution is -0.414. The molecule has 1 aromatic rings. The Labute approximate surface area is 125 Å². The van der Waals surface area contributed by atoms with E-state index in [1.165, 1.54) is 5.56 Å². The quantitative estimate of drug-likeness (QED) is 0.742. The van der Waals surface area contributed by atoms with Crippen LogP contribution in [0.2, 0.25) is 0 Å². The first-order valence-electron chi connectivity index (χ1n) is 7.26.